The summed E-state index contributed by atoms with van der Waals surface area (Å²) in [6.07, 6.45) is 0.674. The van der Waals surface area contributed by atoms with Crippen LogP contribution in [0, 0.1) is 0 Å². The first-order valence-corrected chi connectivity index (χ1v) is 5.97. The second-order valence-corrected chi connectivity index (χ2v) is 5.02. The second-order valence-electron chi connectivity index (χ2n) is 5.02. The summed E-state index contributed by atoms with van der Waals surface area (Å²) in [7, 11) is 0. The summed E-state index contributed by atoms with van der Waals surface area (Å²) in [5.74, 6) is -3.94. The predicted octanol–water partition coefficient (Wildman–Crippen LogP) is 2.58. The molecule has 1 heterocycles. The van der Waals surface area contributed by atoms with Gasteiger partial charge in [0.1, 0.15) is 0 Å². The van der Waals surface area contributed by atoms with E-state index in [1.165, 1.54) is 0 Å². The fraction of sp³-hybridized carbons (Fsp3) is 1.00. The van der Waals surface area contributed by atoms with Crippen molar-refractivity contribution in [1.29, 1.82) is 0 Å². The summed E-state index contributed by atoms with van der Waals surface area (Å²) in [5, 5.41) is 2.56. The summed E-state index contributed by atoms with van der Waals surface area (Å²) < 4.78 is 55.1. The zero-order valence-electron chi connectivity index (χ0n) is 9.52. The predicted molar refractivity (Wildman–Crippen MR) is 54.5 cm³/mol. The Morgan fingerprint density at radius 3 is 2.59 bits per heavy atom. The molecule has 0 aromatic heterocycles. The molecule has 2 rings (SSSR count). The maximum absolute atomic E-state index is 12.7. The van der Waals surface area contributed by atoms with Gasteiger partial charge in [-0.3, -0.25) is 0 Å². The van der Waals surface area contributed by atoms with Gasteiger partial charge in [-0.05, 0) is 32.1 Å². The van der Waals surface area contributed by atoms with E-state index in [0.717, 1.165) is 19.3 Å². The van der Waals surface area contributed by atoms with Crippen molar-refractivity contribution in [2.45, 2.75) is 56.1 Å². The molecule has 1 N–H and O–H groups in total. The number of hydrogen-bond acceptors (Lipinski definition) is 2. The zero-order chi connectivity index (χ0) is 12.5. The Labute approximate surface area is 97.7 Å². The van der Waals surface area contributed by atoms with Crippen LogP contribution in [0.25, 0.3) is 0 Å². The van der Waals surface area contributed by atoms with Crippen molar-refractivity contribution in [1.82, 2.24) is 5.32 Å². The number of halogens is 4. The van der Waals surface area contributed by atoms with Gasteiger partial charge in [0.15, 0.2) is 0 Å². The lowest BCUT2D eigenvalue weighted by Crippen LogP contribution is -2.53. The summed E-state index contributed by atoms with van der Waals surface area (Å²) >= 11 is 0. The van der Waals surface area contributed by atoms with Crippen LogP contribution >= 0.6 is 0 Å². The molecule has 1 aliphatic carbocycles. The van der Waals surface area contributed by atoms with Gasteiger partial charge in [-0.1, -0.05) is 0 Å². The minimum atomic E-state index is -3.94. The summed E-state index contributed by atoms with van der Waals surface area (Å²) in [6, 6.07) is -0.131. The van der Waals surface area contributed by atoms with Gasteiger partial charge in [0, 0.05) is 12.6 Å². The fourth-order valence-electron chi connectivity index (χ4n) is 2.48. The van der Waals surface area contributed by atoms with Crippen LogP contribution in [0.3, 0.4) is 0 Å². The van der Waals surface area contributed by atoms with Crippen molar-refractivity contribution in [2.75, 3.05) is 13.2 Å². The topological polar surface area (TPSA) is 21.3 Å². The molecule has 1 saturated carbocycles. The van der Waals surface area contributed by atoms with E-state index in [2.05, 4.69) is 5.32 Å². The molecule has 1 spiro atoms. The van der Waals surface area contributed by atoms with E-state index < -0.39 is 18.9 Å². The normalized spacial score (nSPS) is 28.4. The number of nitrogens with one attached hydrogen (secondary N) is 1. The van der Waals surface area contributed by atoms with Crippen LogP contribution in [0.2, 0.25) is 0 Å². The van der Waals surface area contributed by atoms with Crippen molar-refractivity contribution in [2.24, 2.45) is 0 Å². The number of rotatable bonds is 4. The highest BCUT2D eigenvalue weighted by molar-refractivity contribution is 4.96. The van der Waals surface area contributed by atoms with Crippen molar-refractivity contribution in [3.05, 3.63) is 0 Å². The van der Waals surface area contributed by atoms with Crippen LogP contribution in [0.1, 0.15) is 32.1 Å². The van der Waals surface area contributed by atoms with Gasteiger partial charge in [0.25, 0.3) is 0 Å². The summed E-state index contributed by atoms with van der Waals surface area (Å²) in [4.78, 5) is 0. The minimum absolute atomic E-state index is 0.131. The van der Waals surface area contributed by atoms with Crippen LogP contribution < -0.4 is 5.32 Å². The Morgan fingerprint density at radius 1 is 1.35 bits per heavy atom. The Kier molecular flexibility index (Phi) is 3.63. The molecular formula is C11H17F4NO. The standard InChI is InChI=1S/C11H17F4NO/c12-9(13)11(14,15)7-16-8-2-5-17-10(6-8)3-1-4-10/h8-9,16H,1-7H2. The first kappa shape index (κ1) is 13.1. The van der Waals surface area contributed by atoms with E-state index >= 15 is 0 Å². The van der Waals surface area contributed by atoms with E-state index in [-0.39, 0.29) is 11.6 Å². The highest BCUT2D eigenvalue weighted by Gasteiger charge is 2.44. The number of ether oxygens (including phenoxy) is 1. The minimum Gasteiger partial charge on any atom is -0.375 e. The lowest BCUT2D eigenvalue weighted by Gasteiger charge is -2.47. The molecule has 2 nitrogen and oxygen atoms in total. The third-order valence-electron chi connectivity index (χ3n) is 3.70. The van der Waals surface area contributed by atoms with Gasteiger partial charge in [-0.2, -0.15) is 8.78 Å². The Balaban J connectivity index is 1.79. The van der Waals surface area contributed by atoms with Crippen LogP contribution in [-0.4, -0.2) is 37.1 Å². The van der Waals surface area contributed by atoms with E-state index in [1.54, 1.807) is 0 Å². The maximum atomic E-state index is 12.7. The van der Waals surface area contributed by atoms with Gasteiger partial charge in [-0.25, -0.2) is 8.78 Å². The number of alkyl halides is 4. The molecule has 100 valence electrons. The van der Waals surface area contributed by atoms with Crippen LogP contribution in [-0.2, 0) is 4.74 Å². The molecule has 17 heavy (non-hydrogen) atoms. The van der Waals surface area contributed by atoms with E-state index in [0.29, 0.717) is 19.4 Å². The van der Waals surface area contributed by atoms with Crippen molar-refractivity contribution in [3.8, 4) is 0 Å². The quantitative estimate of drug-likeness (QED) is 0.780. The highest BCUT2D eigenvalue weighted by Crippen LogP contribution is 2.42. The van der Waals surface area contributed by atoms with Crippen molar-refractivity contribution < 1.29 is 22.3 Å². The van der Waals surface area contributed by atoms with Gasteiger partial charge >= 0.3 is 12.3 Å². The molecule has 0 amide bonds. The molecule has 0 bridgehead atoms. The van der Waals surface area contributed by atoms with Crippen molar-refractivity contribution >= 4 is 0 Å². The molecule has 0 aromatic rings. The molecule has 1 aliphatic heterocycles. The summed E-state index contributed by atoms with van der Waals surface area (Å²) in [5.41, 5.74) is -0.157. The van der Waals surface area contributed by atoms with Gasteiger partial charge < -0.3 is 10.1 Å². The lowest BCUT2D eigenvalue weighted by atomic mass is 9.74. The Morgan fingerprint density at radius 2 is 2.06 bits per heavy atom. The first-order valence-electron chi connectivity index (χ1n) is 5.97. The van der Waals surface area contributed by atoms with E-state index in [9.17, 15) is 17.6 Å². The molecule has 2 aliphatic rings. The molecule has 6 heteroatoms. The van der Waals surface area contributed by atoms with E-state index in [4.69, 9.17) is 4.74 Å². The molecule has 1 saturated heterocycles. The molecule has 0 aromatic carbocycles. The molecule has 0 radical (unpaired) electrons. The fourth-order valence-corrected chi connectivity index (χ4v) is 2.48. The average Bonchev–Trinajstić information content (AvgIpc) is 2.25. The smallest absolute Gasteiger partial charge is 0.319 e. The van der Waals surface area contributed by atoms with Crippen molar-refractivity contribution in [3.63, 3.8) is 0 Å². The Hall–Kier alpha value is -0.360. The first-order chi connectivity index (χ1) is 7.94. The largest absolute Gasteiger partial charge is 0.375 e. The van der Waals surface area contributed by atoms with Gasteiger partial charge in [-0.15, -0.1) is 0 Å². The third kappa shape index (κ3) is 2.91. The lowest BCUT2D eigenvalue weighted by molar-refractivity contribution is -0.146. The second kappa shape index (κ2) is 4.72. The maximum Gasteiger partial charge on any atom is 0.319 e. The molecule has 1 atom stereocenters. The monoisotopic (exact) mass is 255 g/mol. The number of hydrogen-bond donors (Lipinski definition) is 1. The van der Waals surface area contributed by atoms with Crippen LogP contribution in [0.15, 0.2) is 0 Å². The Bertz CT molecular complexity index is 268. The van der Waals surface area contributed by atoms with Gasteiger partial charge in [0.2, 0.25) is 0 Å². The molecular weight excluding hydrogens is 238 g/mol. The van der Waals surface area contributed by atoms with Crippen LogP contribution in [0.4, 0.5) is 17.6 Å². The highest BCUT2D eigenvalue weighted by atomic mass is 19.3. The van der Waals surface area contributed by atoms with Crippen LogP contribution in [0.5, 0.6) is 0 Å². The molecule has 1 unspecified atom stereocenters. The molecule has 2 fully saturated rings. The van der Waals surface area contributed by atoms with E-state index in [1.807, 2.05) is 0 Å². The zero-order valence-corrected chi connectivity index (χ0v) is 9.52. The van der Waals surface area contributed by atoms with Gasteiger partial charge in [0.05, 0.1) is 12.1 Å². The SMILES string of the molecule is FC(F)C(F)(F)CNC1CCOC2(CCC2)C1. The third-order valence-corrected chi connectivity index (χ3v) is 3.70. The summed E-state index contributed by atoms with van der Waals surface area (Å²) in [6.45, 7) is -0.427. The average molecular weight is 255 g/mol.